The van der Waals surface area contributed by atoms with Crippen molar-refractivity contribution in [2.75, 3.05) is 26.3 Å². The van der Waals surface area contributed by atoms with Gasteiger partial charge in [-0.2, -0.15) is 0 Å². The zero-order valence-electron chi connectivity index (χ0n) is 13.6. The monoisotopic (exact) mass is 333 g/mol. The molecule has 0 aliphatic carbocycles. The van der Waals surface area contributed by atoms with Crippen molar-refractivity contribution in [2.45, 2.75) is 38.0 Å². The summed E-state index contributed by atoms with van der Waals surface area (Å²) in [5, 5.41) is 2.95. The van der Waals surface area contributed by atoms with Crippen LogP contribution in [0.1, 0.15) is 25.0 Å². The first-order valence-corrected chi connectivity index (χ1v) is 8.39. The number of carbonyl (C=O) groups excluding carboxylic acids is 2. The minimum Gasteiger partial charge on any atom is -0.379 e. The Labute approximate surface area is 141 Å². The van der Waals surface area contributed by atoms with E-state index >= 15 is 0 Å². The molecule has 7 nitrogen and oxygen atoms in total. The molecule has 24 heavy (non-hydrogen) atoms. The Morgan fingerprint density at radius 2 is 2.38 bits per heavy atom. The molecular formula is C17H23N3O4. The maximum absolute atomic E-state index is 12.2. The second-order valence-electron chi connectivity index (χ2n) is 6.13. The molecule has 130 valence electrons. The Morgan fingerprint density at radius 3 is 3.12 bits per heavy atom. The van der Waals surface area contributed by atoms with E-state index in [-0.39, 0.29) is 30.5 Å². The largest absolute Gasteiger partial charge is 0.379 e. The fourth-order valence-electron chi connectivity index (χ4n) is 3.03. The molecule has 0 bridgehead atoms. The van der Waals surface area contributed by atoms with Gasteiger partial charge >= 0.3 is 0 Å². The Kier molecular flexibility index (Phi) is 5.77. The molecule has 2 atom stereocenters. The minimum atomic E-state index is -0.201. The highest BCUT2D eigenvalue weighted by Crippen LogP contribution is 2.14. The van der Waals surface area contributed by atoms with Crippen molar-refractivity contribution in [1.29, 1.82) is 0 Å². The van der Waals surface area contributed by atoms with Gasteiger partial charge in [-0.15, -0.1) is 0 Å². The van der Waals surface area contributed by atoms with Crippen LogP contribution in [0.15, 0.2) is 24.4 Å². The number of hydrogen-bond acceptors (Lipinski definition) is 5. The number of hydrogen-bond donors (Lipinski definition) is 1. The molecule has 0 radical (unpaired) electrons. The van der Waals surface area contributed by atoms with Gasteiger partial charge in [0.15, 0.2) is 0 Å². The predicted molar refractivity (Wildman–Crippen MR) is 86.0 cm³/mol. The Hall–Kier alpha value is -1.99. The van der Waals surface area contributed by atoms with Crippen LogP contribution in [0.2, 0.25) is 0 Å². The topological polar surface area (TPSA) is 80.8 Å². The molecule has 1 aromatic heterocycles. The standard InChI is InChI=1S/C17H23N3O4/c21-16(10-20-8-3-5-17(20)22)19-14-12-23-9-6-15(14)24-11-13-4-1-2-7-18-13/h1-2,4,7,14-15H,3,5-6,8-12H2,(H,19,21)/t14-,15-/m0/s1. The molecule has 0 unspecified atom stereocenters. The fourth-order valence-corrected chi connectivity index (χ4v) is 3.03. The molecule has 1 N–H and O–H groups in total. The van der Waals surface area contributed by atoms with Crippen LogP contribution >= 0.6 is 0 Å². The number of amides is 2. The lowest BCUT2D eigenvalue weighted by Crippen LogP contribution is -2.52. The number of aromatic nitrogens is 1. The van der Waals surface area contributed by atoms with Crippen molar-refractivity contribution in [3.05, 3.63) is 30.1 Å². The average Bonchev–Trinajstić information content (AvgIpc) is 3.00. The van der Waals surface area contributed by atoms with Gasteiger partial charge in [-0.3, -0.25) is 14.6 Å². The molecule has 0 aromatic carbocycles. The SMILES string of the molecule is O=C(CN1CCCC1=O)N[C@H]1COCC[C@@H]1OCc1ccccn1. The number of ether oxygens (including phenoxy) is 2. The van der Waals surface area contributed by atoms with E-state index in [1.165, 1.54) is 0 Å². The average molecular weight is 333 g/mol. The number of rotatable bonds is 6. The van der Waals surface area contributed by atoms with Crippen LogP contribution in [-0.2, 0) is 25.7 Å². The van der Waals surface area contributed by atoms with E-state index in [4.69, 9.17) is 9.47 Å². The summed E-state index contributed by atoms with van der Waals surface area (Å²) in [6.07, 6.45) is 3.71. The Morgan fingerprint density at radius 1 is 1.46 bits per heavy atom. The first-order valence-electron chi connectivity index (χ1n) is 8.39. The second-order valence-corrected chi connectivity index (χ2v) is 6.13. The van der Waals surface area contributed by atoms with Crippen LogP contribution in [0, 0.1) is 0 Å². The normalized spacial score (nSPS) is 24.2. The number of nitrogens with zero attached hydrogens (tertiary/aromatic N) is 2. The molecule has 7 heteroatoms. The van der Waals surface area contributed by atoms with Gasteiger partial charge in [0, 0.05) is 25.8 Å². The van der Waals surface area contributed by atoms with Gasteiger partial charge in [0.2, 0.25) is 11.8 Å². The quantitative estimate of drug-likeness (QED) is 0.820. The molecule has 3 heterocycles. The summed E-state index contributed by atoms with van der Waals surface area (Å²) in [6, 6.07) is 5.49. The second kappa shape index (κ2) is 8.21. The van der Waals surface area contributed by atoms with Gasteiger partial charge in [0.1, 0.15) is 0 Å². The van der Waals surface area contributed by atoms with E-state index in [0.717, 1.165) is 18.5 Å². The molecule has 2 aliphatic rings. The van der Waals surface area contributed by atoms with Gasteiger partial charge < -0.3 is 19.7 Å². The highest BCUT2D eigenvalue weighted by Gasteiger charge is 2.29. The molecule has 0 saturated carbocycles. The van der Waals surface area contributed by atoms with Crippen molar-refractivity contribution >= 4 is 11.8 Å². The van der Waals surface area contributed by atoms with Gasteiger partial charge in [-0.25, -0.2) is 0 Å². The number of carbonyl (C=O) groups is 2. The highest BCUT2D eigenvalue weighted by molar-refractivity contribution is 5.86. The van der Waals surface area contributed by atoms with E-state index in [0.29, 0.717) is 32.8 Å². The van der Waals surface area contributed by atoms with Gasteiger partial charge in [-0.1, -0.05) is 6.07 Å². The summed E-state index contributed by atoms with van der Waals surface area (Å²) in [5.74, 6) is -0.111. The number of likely N-dealkylation sites (tertiary alicyclic amines) is 1. The van der Waals surface area contributed by atoms with Crippen molar-refractivity contribution in [2.24, 2.45) is 0 Å². The zero-order chi connectivity index (χ0) is 16.8. The van der Waals surface area contributed by atoms with Gasteiger partial charge in [0.25, 0.3) is 0 Å². The maximum atomic E-state index is 12.2. The Bertz CT molecular complexity index is 566. The van der Waals surface area contributed by atoms with E-state index in [1.54, 1.807) is 11.1 Å². The molecule has 3 rings (SSSR count). The predicted octanol–water partition coefficient (Wildman–Crippen LogP) is 0.494. The first kappa shape index (κ1) is 16.9. The van der Waals surface area contributed by atoms with E-state index in [2.05, 4.69) is 10.3 Å². The lowest BCUT2D eigenvalue weighted by atomic mass is 10.1. The van der Waals surface area contributed by atoms with Crippen LogP contribution < -0.4 is 5.32 Å². The number of pyridine rings is 1. The van der Waals surface area contributed by atoms with Crippen LogP contribution in [0.4, 0.5) is 0 Å². The van der Waals surface area contributed by atoms with Gasteiger partial charge in [-0.05, 0) is 25.0 Å². The summed E-state index contributed by atoms with van der Waals surface area (Å²) >= 11 is 0. The van der Waals surface area contributed by atoms with Crippen molar-refractivity contribution in [1.82, 2.24) is 15.2 Å². The molecule has 2 amide bonds. The molecule has 2 fully saturated rings. The molecule has 1 aromatic rings. The smallest absolute Gasteiger partial charge is 0.240 e. The number of nitrogens with one attached hydrogen (secondary N) is 1. The van der Waals surface area contributed by atoms with Crippen LogP contribution in [-0.4, -0.2) is 60.1 Å². The van der Waals surface area contributed by atoms with Crippen LogP contribution in [0.3, 0.4) is 0 Å². The maximum Gasteiger partial charge on any atom is 0.240 e. The van der Waals surface area contributed by atoms with Crippen molar-refractivity contribution in [3.8, 4) is 0 Å². The first-order chi connectivity index (χ1) is 11.7. The molecule has 2 aliphatic heterocycles. The molecule has 2 saturated heterocycles. The third-order valence-corrected chi connectivity index (χ3v) is 4.32. The third-order valence-electron chi connectivity index (χ3n) is 4.32. The van der Waals surface area contributed by atoms with Crippen LogP contribution in [0.5, 0.6) is 0 Å². The van der Waals surface area contributed by atoms with Crippen molar-refractivity contribution in [3.63, 3.8) is 0 Å². The minimum absolute atomic E-state index is 0.0491. The third kappa shape index (κ3) is 4.52. The molecule has 0 spiro atoms. The summed E-state index contributed by atoms with van der Waals surface area (Å²) in [4.78, 5) is 29.7. The lowest BCUT2D eigenvalue weighted by Gasteiger charge is -2.32. The van der Waals surface area contributed by atoms with E-state index in [1.807, 2.05) is 18.2 Å². The van der Waals surface area contributed by atoms with Gasteiger partial charge in [0.05, 0.1) is 37.6 Å². The zero-order valence-corrected chi connectivity index (χ0v) is 13.6. The fraction of sp³-hybridized carbons (Fsp3) is 0.588. The Balaban J connectivity index is 1.50. The van der Waals surface area contributed by atoms with Crippen LogP contribution in [0.25, 0.3) is 0 Å². The van der Waals surface area contributed by atoms with Crippen molar-refractivity contribution < 1.29 is 19.1 Å². The lowest BCUT2D eigenvalue weighted by molar-refractivity contribution is -0.135. The summed E-state index contributed by atoms with van der Waals surface area (Å²) in [7, 11) is 0. The summed E-state index contributed by atoms with van der Waals surface area (Å²) < 4.78 is 11.4. The highest BCUT2D eigenvalue weighted by atomic mass is 16.5. The van der Waals surface area contributed by atoms with E-state index in [9.17, 15) is 9.59 Å². The van der Waals surface area contributed by atoms with E-state index < -0.39 is 0 Å². The molecular weight excluding hydrogens is 310 g/mol. The summed E-state index contributed by atoms with van der Waals surface area (Å²) in [6.45, 7) is 2.22. The summed E-state index contributed by atoms with van der Waals surface area (Å²) in [5.41, 5.74) is 0.858.